The zero-order valence-corrected chi connectivity index (χ0v) is 11.6. The summed E-state index contributed by atoms with van der Waals surface area (Å²) >= 11 is 5.72. The van der Waals surface area contributed by atoms with Crippen molar-refractivity contribution in [2.24, 2.45) is 0 Å². The summed E-state index contributed by atoms with van der Waals surface area (Å²) in [7, 11) is 0. The van der Waals surface area contributed by atoms with Crippen molar-refractivity contribution in [1.82, 2.24) is 9.88 Å². The van der Waals surface area contributed by atoms with E-state index < -0.39 is 0 Å². The van der Waals surface area contributed by atoms with Gasteiger partial charge in [0.05, 0.1) is 5.88 Å². The van der Waals surface area contributed by atoms with E-state index in [1.807, 2.05) is 4.90 Å². The van der Waals surface area contributed by atoms with E-state index in [-0.39, 0.29) is 11.7 Å². The number of anilines is 1. The summed E-state index contributed by atoms with van der Waals surface area (Å²) in [6.45, 7) is 7.92. The summed E-state index contributed by atoms with van der Waals surface area (Å²) < 4.78 is 14.2. The molecule has 1 aromatic heterocycles. The Kier molecular flexibility index (Phi) is 4.40. The molecule has 1 saturated heterocycles. The first kappa shape index (κ1) is 13.6. The van der Waals surface area contributed by atoms with Crippen molar-refractivity contribution in [3.05, 3.63) is 23.6 Å². The minimum absolute atomic E-state index is 0.186. The monoisotopic (exact) mass is 271 g/mol. The van der Waals surface area contributed by atoms with Gasteiger partial charge in [0, 0.05) is 37.4 Å². The summed E-state index contributed by atoms with van der Waals surface area (Å²) in [5.41, 5.74) is 0.521. The third kappa shape index (κ3) is 2.59. The SMILES string of the molecule is CCN1CCN(c2nccc(CCl)c2F)CC1C. The largest absolute Gasteiger partial charge is 0.351 e. The molecule has 0 radical (unpaired) electrons. The zero-order chi connectivity index (χ0) is 13.1. The first-order valence-electron chi connectivity index (χ1n) is 6.35. The van der Waals surface area contributed by atoms with Crippen molar-refractivity contribution in [3.8, 4) is 0 Å². The van der Waals surface area contributed by atoms with E-state index in [1.165, 1.54) is 0 Å². The minimum Gasteiger partial charge on any atom is -0.351 e. The summed E-state index contributed by atoms with van der Waals surface area (Å²) in [6.07, 6.45) is 1.63. The van der Waals surface area contributed by atoms with Crippen LogP contribution in [0, 0.1) is 5.82 Å². The zero-order valence-electron chi connectivity index (χ0n) is 10.9. The Bertz CT molecular complexity index is 413. The second-order valence-corrected chi connectivity index (χ2v) is 4.93. The van der Waals surface area contributed by atoms with Gasteiger partial charge >= 0.3 is 0 Å². The maximum Gasteiger partial charge on any atom is 0.170 e. The van der Waals surface area contributed by atoms with Crippen LogP contribution in [0.5, 0.6) is 0 Å². The standard InChI is InChI=1S/C13H19ClFN3/c1-3-17-6-7-18(9-10(17)2)13-12(15)11(8-14)4-5-16-13/h4-5,10H,3,6-9H2,1-2H3. The van der Waals surface area contributed by atoms with Crippen LogP contribution < -0.4 is 4.90 Å². The molecule has 0 saturated carbocycles. The molecule has 1 atom stereocenters. The van der Waals surface area contributed by atoms with Gasteiger partial charge in [-0.1, -0.05) is 6.92 Å². The molecule has 1 fully saturated rings. The maximum atomic E-state index is 14.2. The number of rotatable bonds is 3. The fourth-order valence-electron chi connectivity index (χ4n) is 2.45. The summed E-state index contributed by atoms with van der Waals surface area (Å²) in [4.78, 5) is 8.57. The predicted octanol–water partition coefficient (Wildman–Crippen LogP) is 2.49. The summed E-state index contributed by atoms with van der Waals surface area (Å²) in [5, 5.41) is 0. The molecule has 2 rings (SSSR count). The second-order valence-electron chi connectivity index (χ2n) is 4.66. The Hall–Kier alpha value is -0.870. The van der Waals surface area contributed by atoms with Crippen molar-refractivity contribution < 1.29 is 4.39 Å². The average Bonchev–Trinajstić information content (AvgIpc) is 2.39. The van der Waals surface area contributed by atoms with Crippen LogP contribution in [0.15, 0.2) is 12.3 Å². The molecule has 0 amide bonds. The number of hydrogen-bond acceptors (Lipinski definition) is 3. The fraction of sp³-hybridized carbons (Fsp3) is 0.615. The Morgan fingerprint density at radius 2 is 2.28 bits per heavy atom. The van der Waals surface area contributed by atoms with Gasteiger partial charge in [0.25, 0.3) is 0 Å². The van der Waals surface area contributed by atoms with Crippen LogP contribution in [0.4, 0.5) is 10.2 Å². The van der Waals surface area contributed by atoms with E-state index in [0.717, 1.165) is 26.2 Å². The molecule has 2 heterocycles. The Morgan fingerprint density at radius 3 is 2.89 bits per heavy atom. The van der Waals surface area contributed by atoms with Crippen LogP contribution in [0.25, 0.3) is 0 Å². The van der Waals surface area contributed by atoms with Crippen molar-refractivity contribution in [2.45, 2.75) is 25.8 Å². The van der Waals surface area contributed by atoms with Crippen LogP contribution in [-0.2, 0) is 5.88 Å². The lowest BCUT2D eigenvalue weighted by atomic mass is 10.2. The van der Waals surface area contributed by atoms with Gasteiger partial charge < -0.3 is 4.90 Å². The highest BCUT2D eigenvalue weighted by molar-refractivity contribution is 6.17. The smallest absolute Gasteiger partial charge is 0.170 e. The van der Waals surface area contributed by atoms with Crippen molar-refractivity contribution in [2.75, 3.05) is 31.1 Å². The third-order valence-electron chi connectivity index (χ3n) is 3.57. The van der Waals surface area contributed by atoms with Gasteiger partial charge in [-0.15, -0.1) is 11.6 Å². The number of nitrogens with zero attached hydrogens (tertiary/aromatic N) is 3. The molecule has 0 aromatic carbocycles. The Morgan fingerprint density at radius 1 is 1.50 bits per heavy atom. The number of hydrogen-bond donors (Lipinski definition) is 0. The van der Waals surface area contributed by atoms with Crippen LogP contribution >= 0.6 is 11.6 Å². The van der Waals surface area contributed by atoms with Crippen LogP contribution in [0.1, 0.15) is 19.4 Å². The number of pyridine rings is 1. The molecule has 18 heavy (non-hydrogen) atoms. The van der Waals surface area contributed by atoms with Gasteiger partial charge in [-0.05, 0) is 19.5 Å². The molecule has 100 valence electrons. The molecule has 5 heteroatoms. The molecule has 0 N–H and O–H groups in total. The van der Waals surface area contributed by atoms with Crippen LogP contribution in [-0.4, -0.2) is 42.1 Å². The average molecular weight is 272 g/mol. The van der Waals surface area contributed by atoms with Crippen LogP contribution in [0.3, 0.4) is 0 Å². The predicted molar refractivity (Wildman–Crippen MR) is 72.7 cm³/mol. The lowest BCUT2D eigenvalue weighted by molar-refractivity contribution is 0.198. The fourth-order valence-corrected chi connectivity index (χ4v) is 2.66. The second kappa shape index (κ2) is 5.85. The third-order valence-corrected chi connectivity index (χ3v) is 3.85. The van der Waals surface area contributed by atoms with E-state index >= 15 is 0 Å². The van der Waals surface area contributed by atoms with E-state index in [4.69, 9.17) is 11.6 Å². The molecule has 1 unspecified atom stereocenters. The minimum atomic E-state index is -0.273. The number of aromatic nitrogens is 1. The topological polar surface area (TPSA) is 19.4 Å². The van der Waals surface area contributed by atoms with Gasteiger partial charge in [0.1, 0.15) is 0 Å². The van der Waals surface area contributed by atoms with Gasteiger partial charge in [-0.25, -0.2) is 9.37 Å². The van der Waals surface area contributed by atoms with E-state index in [1.54, 1.807) is 12.3 Å². The summed E-state index contributed by atoms with van der Waals surface area (Å²) in [6, 6.07) is 2.06. The highest BCUT2D eigenvalue weighted by atomic mass is 35.5. The molecular weight excluding hydrogens is 253 g/mol. The summed E-state index contributed by atoms with van der Waals surface area (Å²) in [5.74, 6) is 0.353. The molecule has 0 spiro atoms. The molecular formula is C13H19ClFN3. The molecule has 0 bridgehead atoms. The highest BCUT2D eigenvalue weighted by Gasteiger charge is 2.25. The van der Waals surface area contributed by atoms with E-state index in [9.17, 15) is 4.39 Å². The molecule has 1 aliphatic heterocycles. The highest BCUT2D eigenvalue weighted by Crippen LogP contribution is 2.23. The normalized spacial score (nSPS) is 21.3. The van der Waals surface area contributed by atoms with Gasteiger partial charge in [0.15, 0.2) is 11.6 Å². The van der Waals surface area contributed by atoms with Crippen molar-refractivity contribution >= 4 is 17.4 Å². The number of halogens is 2. The van der Waals surface area contributed by atoms with E-state index in [0.29, 0.717) is 17.4 Å². The lowest BCUT2D eigenvalue weighted by Crippen LogP contribution is -2.52. The van der Waals surface area contributed by atoms with Crippen molar-refractivity contribution in [3.63, 3.8) is 0 Å². The van der Waals surface area contributed by atoms with Crippen molar-refractivity contribution in [1.29, 1.82) is 0 Å². The van der Waals surface area contributed by atoms with Gasteiger partial charge in [-0.2, -0.15) is 0 Å². The number of alkyl halides is 1. The van der Waals surface area contributed by atoms with Gasteiger partial charge in [0.2, 0.25) is 0 Å². The molecule has 1 aliphatic rings. The quantitative estimate of drug-likeness (QED) is 0.788. The molecule has 3 nitrogen and oxygen atoms in total. The lowest BCUT2D eigenvalue weighted by Gasteiger charge is -2.40. The maximum absolute atomic E-state index is 14.2. The first-order valence-corrected chi connectivity index (χ1v) is 6.89. The Labute approximate surface area is 113 Å². The number of likely N-dealkylation sites (N-methyl/N-ethyl adjacent to an activating group) is 1. The number of piperazine rings is 1. The first-order chi connectivity index (χ1) is 8.67. The Balaban J connectivity index is 2.18. The molecule has 1 aromatic rings. The van der Waals surface area contributed by atoms with Gasteiger partial charge in [-0.3, -0.25) is 4.90 Å². The van der Waals surface area contributed by atoms with E-state index in [2.05, 4.69) is 23.7 Å². The molecule has 0 aliphatic carbocycles. The van der Waals surface area contributed by atoms with Crippen LogP contribution in [0.2, 0.25) is 0 Å².